The van der Waals surface area contributed by atoms with Crippen molar-refractivity contribution in [1.82, 2.24) is 10.3 Å². The van der Waals surface area contributed by atoms with E-state index in [0.29, 0.717) is 0 Å². The molecule has 0 bridgehead atoms. The van der Waals surface area contributed by atoms with Gasteiger partial charge >= 0.3 is 5.97 Å². The smallest absolute Gasteiger partial charge is 0.310 e. The summed E-state index contributed by atoms with van der Waals surface area (Å²) in [5, 5.41) is 5.92. The minimum atomic E-state index is -0.433. The number of aromatic amines is 1. The summed E-state index contributed by atoms with van der Waals surface area (Å²) < 4.78 is 5.22. The van der Waals surface area contributed by atoms with Crippen molar-refractivity contribution >= 4 is 34.1 Å². The number of hydrogen-bond acceptors (Lipinski definition) is 4. The van der Waals surface area contributed by atoms with E-state index in [2.05, 4.69) is 10.3 Å². The lowest BCUT2D eigenvalue weighted by atomic mass is 10.1. The Morgan fingerprint density at radius 1 is 1.00 bits per heavy atom. The molecular formula is C23H20N2O3S. The number of esters is 1. The van der Waals surface area contributed by atoms with Gasteiger partial charge in [-0.1, -0.05) is 54.6 Å². The summed E-state index contributed by atoms with van der Waals surface area (Å²) >= 11 is 1.57. The molecule has 29 heavy (non-hydrogen) atoms. The van der Waals surface area contributed by atoms with E-state index in [9.17, 15) is 9.59 Å². The lowest BCUT2D eigenvalue weighted by Gasteiger charge is -2.18. The average Bonchev–Trinajstić information content (AvgIpc) is 3.42. The van der Waals surface area contributed by atoms with Crippen LogP contribution in [0.3, 0.4) is 0 Å². The molecule has 0 unspecified atom stereocenters. The second kappa shape index (κ2) is 8.75. The molecule has 146 valence electrons. The molecule has 4 aromatic rings. The zero-order valence-corrected chi connectivity index (χ0v) is 16.4. The molecule has 0 saturated heterocycles. The van der Waals surface area contributed by atoms with Gasteiger partial charge in [-0.25, -0.2) is 0 Å². The van der Waals surface area contributed by atoms with Crippen LogP contribution in [-0.2, 0) is 20.7 Å². The van der Waals surface area contributed by atoms with Crippen molar-refractivity contribution in [2.75, 3.05) is 6.61 Å². The van der Waals surface area contributed by atoms with Gasteiger partial charge in [0, 0.05) is 22.0 Å². The Morgan fingerprint density at radius 2 is 1.79 bits per heavy atom. The number of aromatic nitrogens is 1. The Morgan fingerprint density at radius 3 is 2.59 bits per heavy atom. The van der Waals surface area contributed by atoms with Crippen molar-refractivity contribution in [3.8, 4) is 0 Å². The van der Waals surface area contributed by atoms with Gasteiger partial charge in [0.05, 0.1) is 12.5 Å². The Kier molecular flexibility index (Phi) is 5.72. The van der Waals surface area contributed by atoms with Gasteiger partial charge in [-0.3, -0.25) is 9.59 Å². The summed E-state index contributed by atoms with van der Waals surface area (Å²) in [6.07, 6.45) is 1.92. The fourth-order valence-electron chi connectivity index (χ4n) is 3.25. The lowest BCUT2D eigenvalue weighted by molar-refractivity contribution is -0.148. The van der Waals surface area contributed by atoms with Crippen LogP contribution in [0.2, 0.25) is 0 Å². The number of thiophene rings is 1. The maximum atomic E-state index is 12.5. The van der Waals surface area contributed by atoms with Crippen LogP contribution >= 0.6 is 11.3 Å². The Hall–Kier alpha value is -3.38. The number of hydrogen-bond donors (Lipinski definition) is 2. The highest BCUT2D eigenvalue weighted by Gasteiger charge is 2.19. The first kappa shape index (κ1) is 19.0. The third-order valence-corrected chi connectivity index (χ3v) is 5.58. The van der Waals surface area contributed by atoms with Crippen molar-refractivity contribution in [1.29, 1.82) is 0 Å². The zero-order valence-electron chi connectivity index (χ0n) is 15.6. The van der Waals surface area contributed by atoms with E-state index in [-0.39, 0.29) is 25.0 Å². The zero-order chi connectivity index (χ0) is 20.1. The van der Waals surface area contributed by atoms with Gasteiger partial charge < -0.3 is 15.0 Å². The van der Waals surface area contributed by atoms with Crippen LogP contribution in [0, 0.1) is 0 Å². The minimum absolute atomic E-state index is 0.115. The van der Waals surface area contributed by atoms with Gasteiger partial charge in [0.25, 0.3) is 5.91 Å². The number of ether oxygens (including phenoxy) is 1. The number of rotatable bonds is 7. The van der Waals surface area contributed by atoms with Crippen LogP contribution in [0.5, 0.6) is 0 Å². The predicted molar refractivity (Wildman–Crippen MR) is 114 cm³/mol. The number of benzene rings is 2. The molecule has 2 aromatic carbocycles. The topological polar surface area (TPSA) is 71.2 Å². The van der Waals surface area contributed by atoms with Crippen LogP contribution in [0.1, 0.15) is 22.0 Å². The molecule has 0 aliphatic heterocycles. The van der Waals surface area contributed by atoms with Crippen molar-refractivity contribution < 1.29 is 14.3 Å². The standard InChI is InChI=1S/C23H20N2O3S/c26-21(25-23(20-11-6-12-29-20)16-7-2-1-3-8-16)15-28-22(27)13-17-14-24-19-10-5-4-9-18(17)19/h1-12,14,23-24H,13,15H2,(H,25,26)/t23-/m0/s1. The average molecular weight is 404 g/mol. The Bertz CT molecular complexity index is 1100. The summed E-state index contributed by atoms with van der Waals surface area (Å²) in [5.74, 6) is -0.767. The van der Waals surface area contributed by atoms with Crippen molar-refractivity contribution in [3.63, 3.8) is 0 Å². The maximum absolute atomic E-state index is 12.5. The summed E-state index contributed by atoms with van der Waals surface area (Å²) in [7, 11) is 0. The van der Waals surface area contributed by atoms with Crippen LogP contribution in [0.25, 0.3) is 10.9 Å². The molecule has 2 aromatic heterocycles. The van der Waals surface area contributed by atoms with Crippen LogP contribution < -0.4 is 5.32 Å². The molecule has 2 N–H and O–H groups in total. The summed E-state index contributed by atoms with van der Waals surface area (Å²) in [4.78, 5) is 28.8. The Labute approximate surface area is 172 Å². The Balaban J connectivity index is 1.36. The van der Waals surface area contributed by atoms with Gasteiger partial charge in [0.1, 0.15) is 0 Å². The number of carbonyl (C=O) groups excluding carboxylic acids is 2. The number of nitrogens with one attached hydrogen (secondary N) is 2. The molecule has 0 aliphatic rings. The molecule has 4 rings (SSSR count). The van der Waals surface area contributed by atoms with E-state index in [4.69, 9.17) is 4.74 Å². The SMILES string of the molecule is O=C(COC(=O)Cc1c[nH]c2ccccc12)N[C@@H](c1ccccc1)c1cccs1. The van der Waals surface area contributed by atoms with Crippen LogP contribution in [0.4, 0.5) is 0 Å². The molecule has 1 atom stereocenters. The highest BCUT2D eigenvalue weighted by molar-refractivity contribution is 7.10. The van der Waals surface area contributed by atoms with Crippen molar-refractivity contribution in [3.05, 3.63) is 94.3 Å². The van der Waals surface area contributed by atoms with E-state index < -0.39 is 5.97 Å². The summed E-state index contributed by atoms with van der Waals surface area (Å²) in [5.41, 5.74) is 2.80. The molecule has 0 saturated carbocycles. The van der Waals surface area contributed by atoms with Crippen molar-refractivity contribution in [2.45, 2.75) is 12.5 Å². The highest BCUT2D eigenvalue weighted by Crippen LogP contribution is 2.25. The van der Waals surface area contributed by atoms with E-state index >= 15 is 0 Å². The van der Waals surface area contributed by atoms with E-state index in [1.807, 2.05) is 72.1 Å². The van der Waals surface area contributed by atoms with Gasteiger partial charge in [0.2, 0.25) is 0 Å². The first-order chi connectivity index (χ1) is 14.2. The van der Waals surface area contributed by atoms with Gasteiger partial charge in [-0.15, -0.1) is 11.3 Å². The van der Waals surface area contributed by atoms with Crippen LogP contribution in [0.15, 0.2) is 78.3 Å². The molecule has 0 radical (unpaired) electrons. The fraction of sp³-hybridized carbons (Fsp3) is 0.130. The fourth-order valence-corrected chi connectivity index (χ4v) is 4.06. The molecule has 5 nitrogen and oxygen atoms in total. The number of H-pyrrole nitrogens is 1. The first-order valence-electron chi connectivity index (χ1n) is 9.29. The molecule has 0 aliphatic carbocycles. The van der Waals surface area contributed by atoms with Crippen LogP contribution in [-0.4, -0.2) is 23.5 Å². The van der Waals surface area contributed by atoms with E-state index in [1.165, 1.54) is 0 Å². The molecule has 0 spiro atoms. The van der Waals surface area contributed by atoms with Crippen molar-refractivity contribution in [2.24, 2.45) is 0 Å². The third-order valence-electron chi connectivity index (χ3n) is 4.64. The minimum Gasteiger partial charge on any atom is -0.455 e. The first-order valence-corrected chi connectivity index (χ1v) is 10.2. The number of amides is 1. The summed E-state index contributed by atoms with van der Waals surface area (Å²) in [6.45, 7) is -0.310. The second-order valence-electron chi connectivity index (χ2n) is 6.62. The largest absolute Gasteiger partial charge is 0.455 e. The number of para-hydroxylation sites is 1. The predicted octanol–water partition coefficient (Wildman–Crippen LogP) is 4.22. The lowest BCUT2D eigenvalue weighted by Crippen LogP contribution is -2.32. The number of fused-ring (bicyclic) bond motifs is 1. The number of carbonyl (C=O) groups is 2. The molecule has 6 heteroatoms. The highest BCUT2D eigenvalue weighted by atomic mass is 32.1. The monoisotopic (exact) mass is 404 g/mol. The van der Waals surface area contributed by atoms with E-state index in [1.54, 1.807) is 17.5 Å². The van der Waals surface area contributed by atoms with Gasteiger partial charge in [-0.05, 0) is 28.6 Å². The third kappa shape index (κ3) is 4.55. The molecular weight excluding hydrogens is 384 g/mol. The molecule has 0 fully saturated rings. The maximum Gasteiger partial charge on any atom is 0.310 e. The second-order valence-corrected chi connectivity index (χ2v) is 7.60. The van der Waals surface area contributed by atoms with E-state index in [0.717, 1.165) is 26.9 Å². The van der Waals surface area contributed by atoms with Gasteiger partial charge in [-0.2, -0.15) is 0 Å². The summed E-state index contributed by atoms with van der Waals surface area (Å²) in [6, 6.07) is 21.1. The molecule has 1 amide bonds. The quantitative estimate of drug-likeness (QED) is 0.453. The molecule has 2 heterocycles. The van der Waals surface area contributed by atoms with Gasteiger partial charge in [0.15, 0.2) is 6.61 Å². The normalized spacial score (nSPS) is 11.9.